The van der Waals surface area contributed by atoms with Gasteiger partial charge in [0.2, 0.25) is 0 Å². The van der Waals surface area contributed by atoms with Crippen LogP contribution in [0.4, 0.5) is 14.5 Å². The maximum atomic E-state index is 13.1. The Kier molecular flexibility index (Phi) is 2.93. The van der Waals surface area contributed by atoms with Crippen LogP contribution in [0.3, 0.4) is 0 Å². The lowest BCUT2D eigenvalue weighted by atomic mass is 10.2. The largest absolute Gasteiger partial charge is 0.586 e. The highest BCUT2D eigenvalue weighted by molar-refractivity contribution is 9.11. The minimum absolute atomic E-state index is 0.0432. The van der Waals surface area contributed by atoms with Crippen LogP contribution < -0.4 is 14.4 Å². The average Bonchev–Trinajstić information content (AvgIpc) is 2.85. The van der Waals surface area contributed by atoms with Crippen molar-refractivity contribution in [3.8, 4) is 11.5 Å². The Morgan fingerprint density at radius 1 is 1.17 bits per heavy atom. The van der Waals surface area contributed by atoms with Gasteiger partial charge in [0.05, 0.1) is 10.2 Å². The second-order valence-corrected chi connectivity index (χ2v) is 5.86. The molecule has 1 fully saturated rings. The zero-order valence-corrected chi connectivity index (χ0v) is 12.4. The zero-order valence-electron chi connectivity index (χ0n) is 9.18. The Labute approximate surface area is 119 Å². The summed E-state index contributed by atoms with van der Waals surface area (Å²) in [4.78, 5) is 2.13. The molecule has 2 aliphatic heterocycles. The summed E-state index contributed by atoms with van der Waals surface area (Å²) in [5.41, 5.74) is 0.840. The van der Waals surface area contributed by atoms with Crippen molar-refractivity contribution in [3.63, 3.8) is 0 Å². The highest BCUT2D eigenvalue weighted by atomic mass is 79.9. The highest BCUT2D eigenvalue weighted by Crippen LogP contribution is 2.52. The number of halogens is 4. The van der Waals surface area contributed by atoms with Crippen LogP contribution in [0.1, 0.15) is 12.8 Å². The highest BCUT2D eigenvalue weighted by Gasteiger charge is 2.45. The van der Waals surface area contributed by atoms with E-state index in [1.807, 2.05) is 0 Å². The Balaban J connectivity index is 2.07. The molecule has 1 saturated heterocycles. The maximum Gasteiger partial charge on any atom is 0.586 e. The smallest absolute Gasteiger partial charge is 0.395 e. The van der Waals surface area contributed by atoms with Crippen LogP contribution in [0, 0.1) is 0 Å². The van der Waals surface area contributed by atoms with E-state index in [0.29, 0.717) is 4.47 Å². The van der Waals surface area contributed by atoms with Crippen LogP contribution >= 0.6 is 31.9 Å². The van der Waals surface area contributed by atoms with Gasteiger partial charge in [-0.1, -0.05) is 0 Å². The molecule has 2 heterocycles. The monoisotopic (exact) mass is 383 g/mol. The molecule has 0 aliphatic carbocycles. The molecular weight excluding hydrogens is 376 g/mol. The molecule has 0 N–H and O–H groups in total. The van der Waals surface area contributed by atoms with Crippen LogP contribution in [-0.4, -0.2) is 19.4 Å². The van der Waals surface area contributed by atoms with Crippen molar-refractivity contribution < 1.29 is 18.3 Å². The van der Waals surface area contributed by atoms with Gasteiger partial charge in [-0.05, 0) is 44.7 Å². The van der Waals surface area contributed by atoms with Gasteiger partial charge in [-0.3, -0.25) is 0 Å². The van der Waals surface area contributed by atoms with Crippen LogP contribution in [-0.2, 0) is 0 Å². The Hall–Kier alpha value is -0.560. The number of benzene rings is 1. The predicted molar refractivity (Wildman–Crippen MR) is 69.5 cm³/mol. The molecule has 0 bridgehead atoms. The summed E-state index contributed by atoms with van der Waals surface area (Å²) in [6.07, 6.45) is -1.39. The number of hydrogen-bond acceptors (Lipinski definition) is 3. The van der Waals surface area contributed by atoms with Gasteiger partial charge < -0.3 is 14.4 Å². The Morgan fingerprint density at radius 2 is 1.83 bits per heavy atom. The summed E-state index contributed by atoms with van der Waals surface area (Å²) in [5, 5.41) is 0. The number of rotatable bonds is 1. The predicted octanol–water partition coefficient (Wildman–Crippen LogP) is 4.13. The number of fused-ring (bicyclic) bond motifs is 1. The van der Waals surface area contributed by atoms with Crippen molar-refractivity contribution in [1.82, 2.24) is 0 Å². The Bertz CT molecular complexity index is 504. The lowest BCUT2D eigenvalue weighted by Crippen LogP contribution is -2.26. The number of nitrogens with zero attached hydrogens (tertiary/aromatic N) is 1. The quantitative estimate of drug-likeness (QED) is 0.726. The van der Waals surface area contributed by atoms with E-state index in [1.54, 1.807) is 0 Å². The molecule has 0 aromatic heterocycles. The molecule has 0 amide bonds. The fourth-order valence-corrected chi connectivity index (χ4v) is 3.90. The molecule has 18 heavy (non-hydrogen) atoms. The van der Waals surface area contributed by atoms with E-state index < -0.39 is 6.29 Å². The van der Waals surface area contributed by atoms with Gasteiger partial charge in [-0.25, -0.2) is 0 Å². The van der Waals surface area contributed by atoms with Gasteiger partial charge in [-0.15, -0.1) is 8.78 Å². The third kappa shape index (κ3) is 1.97. The molecule has 0 unspecified atom stereocenters. The minimum Gasteiger partial charge on any atom is -0.395 e. The van der Waals surface area contributed by atoms with Crippen molar-refractivity contribution in [2.75, 3.05) is 18.0 Å². The first-order chi connectivity index (χ1) is 8.48. The van der Waals surface area contributed by atoms with Gasteiger partial charge in [0.1, 0.15) is 0 Å². The van der Waals surface area contributed by atoms with Gasteiger partial charge in [0, 0.05) is 23.6 Å². The number of alkyl halides is 2. The lowest BCUT2D eigenvalue weighted by molar-refractivity contribution is -0.286. The molecule has 2 aliphatic rings. The summed E-state index contributed by atoms with van der Waals surface area (Å²) in [6, 6.07) is 1.52. The standard InChI is InChI=1S/C11H9Br2F2NO2/c12-6-5-7-10(18-11(14,15)17-7)8(13)9(6)16-3-1-2-4-16/h5H,1-4H2. The molecule has 0 saturated carbocycles. The molecule has 3 nitrogen and oxygen atoms in total. The van der Waals surface area contributed by atoms with Gasteiger partial charge in [0.15, 0.2) is 11.5 Å². The van der Waals surface area contributed by atoms with Crippen LogP contribution in [0.5, 0.6) is 11.5 Å². The zero-order chi connectivity index (χ0) is 12.9. The van der Waals surface area contributed by atoms with Crippen LogP contribution in [0.15, 0.2) is 15.0 Å². The van der Waals surface area contributed by atoms with Crippen molar-refractivity contribution in [1.29, 1.82) is 0 Å². The van der Waals surface area contributed by atoms with E-state index in [-0.39, 0.29) is 11.5 Å². The molecule has 98 valence electrons. The average molecular weight is 385 g/mol. The molecule has 1 aromatic rings. The summed E-state index contributed by atoms with van der Waals surface area (Å²) in [7, 11) is 0. The van der Waals surface area contributed by atoms with Crippen molar-refractivity contribution in [2.24, 2.45) is 0 Å². The molecule has 0 atom stereocenters. The fourth-order valence-electron chi connectivity index (χ4n) is 2.24. The summed E-state index contributed by atoms with van der Waals surface area (Å²) >= 11 is 6.73. The third-order valence-corrected chi connectivity index (χ3v) is 4.33. The van der Waals surface area contributed by atoms with E-state index in [2.05, 4.69) is 46.2 Å². The molecular formula is C11H9Br2F2NO2. The van der Waals surface area contributed by atoms with E-state index in [4.69, 9.17) is 0 Å². The van der Waals surface area contributed by atoms with E-state index in [1.165, 1.54) is 6.07 Å². The van der Waals surface area contributed by atoms with Gasteiger partial charge in [-0.2, -0.15) is 0 Å². The first-order valence-corrected chi connectivity index (χ1v) is 7.09. The fraction of sp³-hybridized carbons (Fsp3) is 0.455. The third-order valence-electron chi connectivity index (χ3n) is 2.99. The van der Waals surface area contributed by atoms with Crippen LogP contribution in [0.2, 0.25) is 0 Å². The van der Waals surface area contributed by atoms with E-state index in [0.717, 1.165) is 36.1 Å². The summed E-state index contributed by atoms with van der Waals surface area (Å²) in [6.45, 7) is 1.82. The molecule has 0 spiro atoms. The second-order valence-electron chi connectivity index (χ2n) is 4.21. The second kappa shape index (κ2) is 4.23. The maximum absolute atomic E-state index is 13.1. The number of hydrogen-bond donors (Lipinski definition) is 0. The topological polar surface area (TPSA) is 21.7 Å². The van der Waals surface area contributed by atoms with E-state index >= 15 is 0 Å². The molecule has 3 rings (SSSR count). The number of ether oxygens (including phenoxy) is 2. The summed E-state index contributed by atoms with van der Waals surface area (Å²) in [5.74, 6) is 0.104. The summed E-state index contributed by atoms with van der Waals surface area (Å²) < 4.78 is 36.3. The SMILES string of the molecule is FC1(F)Oc2cc(Br)c(N3CCCC3)c(Br)c2O1. The minimum atomic E-state index is -3.59. The van der Waals surface area contributed by atoms with Gasteiger partial charge in [0.25, 0.3) is 0 Å². The first-order valence-electron chi connectivity index (χ1n) is 5.51. The van der Waals surface area contributed by atoms with Crippen molar-refractivity contribution in [3.05, 3.63) is 15.0 Å². The first kappa shape index (κ1) is 12.5. The van der Waals surface area contributed by atoms with Crippen molar-refractivity contribution >= 4 is 37.5 Å². The lowest BCUT2D eigenvalue weighted by Gasteiger charge is -2.21. The molecule has 1 aromatic carbocycles. The number of anilines is 1. The van der Waals surface area contributed by atoms with Gasteiger partial charge >= 0.3 is 6.29 Å². The van der Waals surface area contributed by atoms with Crippen LogP contribution in [0.25, 0.3) is 0 Å². The molecule has 0 radical (unpaired) electrons. The normalized spacial score (nSPS) is 20.6. The Morgan fingerprint density at radius 3 is 2.50 bits per heavy atom. The molecule has 7 heteroatoms. The van der Waals surface area contributed by atoms with Crippen molar-refractivity contribution in [2.45, 2.75) is 19.1 Å². The van der Waals surface area contributed by atoms with E-state index in [9.17, 15) is 8.78 Å².